The number of aliphatic imine (C=N–C) groups is 1. The van der Waals surface area contributed by atoms with E-state index < -0.39 is 0 Å². The number of allylic oxidation sites excluding steroid dienone is 1. The Balaban J connectivity index is 1.69. The molecule has 0 spiro atoms. The van der Waals surface area contributed by atoms with Gasteiger partial charge in [0.25, 0.3) is 5.91 Å². The van der Waals surface area contributed by atoms with Crippen molar-refractivity contribution in [1.29, 1.82) is 0 Å². The molecule has 32 heavy (non-hydrogen) atoms. The van der Waals surface area contributed by atoms with E-state index in [1.807, 2.05) is 31.2 Å². The molecule has 6 heteroatoms. The van der Waals surface area contributed by atoms with E-state index in [-0.39, 0.29) is 11.4 Å². The molecule has 2 aliphatic rings. The molecule has 2 aromatic rings. The summed E-state index contributed by atoms with van der Waals surface area (Å²) in [6, 6.07) is 10.0. The third-order valence-corrected chi connectivity index (χ3v) is 7.16. The number of carbonyl (C=O) groups is 1. The maximum Gasteiger partial charge on any atom is 0.264 e. The van der Waals surface area contributed by atoms with E-state index in [0.717, 1.165) is 28.9 Å². The number of amides is 1. The summed E-state index contributed by atoms with van der Waals surface area (Å²) in [7, 11) is 0. The molecule has 2 aliphatic heterocycles. The highest BCUT2D eigenvalue weighted by Crippen LogP contribution is 2.41. The van der Waals surface area contributed by atoms with Crippen LogP contribution < -0.4 is 10.2 Å². The maximum absolute atomic E-state index is 12.7. The van der Waals surface area contributed by atoms with Gasteiger partial charge in [-0.1, -0.05) is 23.7 Å². The summed E-state index contributed by atoms with van der Waals surface area (Å²) in [6.07, 6.45) is 4.28. The standard InChI is InChI=1S/C26H28ClN3OS/c1-7-30-22-10-16(3)18(11-20(22)17(4)14-26(30,5)6)12-23-24(31)29-25(32-23)28-21-13-19(27)9-8-15(21)2/h8-14H,7H2,1-6H3,(H,28,29,31)/b23-12-. The molecule has 4 nitrogen and oxygen atoms in total. The second-order valence-electron chi connectivity index (χ2n) is 8.86. The van der Waals surface area contributed by atoms with Gasteiger partial charge in [-0.05, 0) is 106 Å². The zero-order valence-electron chi connectivity index (χ0n) is 19.3. The molecule has 2 heterocycles. The fourth-order valence-electron chi connectivity index (χ4n) is 4.41. The zero-order chi connectivity index (χ0) is 23.2. The van der Waals surface area contributed by atoms with Gasteiger partial charge in [-0.3, -0.25) is 4.79 Å². The molecule has 4 rings (SSSR count). The first-order valence-corrected chi connectivity index (χ1v) is 12.0. The van der Waals surface area contributed by atoms with Crippen molar-refractivity contribution >= 4 is 57.5 Å². The van der Waals surface area contributed by atoms with Gasteiger partial charge in [-0.2, -0.15) is 0 Å². The molecule has 0 saturated carbocycles. The minimum absolute atomic E-state index is 0.0245. The molecule has 1 fully saturated rings. The molecule has 1 N–H and O–H groups in total. The molecule has 0 aliphatic carbocycles. The van der Waals surface area contributed by atoms with Crippen molar-refractivity contribution in [3.8, 4) is 0 Å². The van der Waals surface area contributed by atoms with Crippen LogP contribution in [0.5, 0.6) is 0 Å². The van der Waals surface area contributed by atoms with Crippen LogP contribution in [0.3, 0.4) is 0 Å². The summed E-state index contributed by atoms with van der Waals surface area (Å²) >= 11 is 7.47. The van der Waals surface area contributed by atoms with Crippen molar-refractivity contribution in [2.75, 3.05) is 11.4 Å². The fraction of sp³-hybridized carbons (Fsp3) is 0.308. The number of fused-ring (bicyclic) bond motifs is 1. The van der Waals surface area contributed by atoms with Crippen molar-refractivity contribution in [3.05, 3.63) is 68.6 Å². The van der Waals surface area contributed by atoms with Gasteiger partial charge < -0.3 is 10.2 Å². The molecule has 166 valence electrons. The second-order valence-corrected chi connectivity index (χ2v) is 10.3. The number of thioether (sulfide) groups is 1. The lowest BCUT2D eigenvalue weighted by Crippen LogP contribution is -2.44. The van der Waals surface area contributed by atoms with Crippen LogP contribution in [0.1, 0.15) is 49.9 Å². The fourth-order valence-corrected chi connectivity index (χ4v) is 5.40. The van der Waals surface area contributed by atoms with Crippen molar-refractivity contribution in [1.82, 2.24) is 5.32 Å². The molecule has 1 amide bonds. The second kappa shape index (κ2) is 8.45. The van der Waals surface area contributed by atoms with Crippen LogP contribution in [0.2, 0.25) is 5.02 Å². The molecule has 0 aromatic heterocycles. The monoisotopic (exact) mass is 465 g/mol. The topological polar surface area (TPSA) is 44.7 Å². The van der Waals surface area contributed by atoms with Gasteiger partial charge in [-0.15, -0.1) is 0 Å². The smallest absolute Gasteiger partial charge is 0.264 e. The van der Waals surface area contributed by atoms with Crippen LogP contribution in [0, 0.1) is 13.8 Å². The number of hydrogen-bond acceptors (Lipinski definition) is 4. The highest BCUT2D eigenvalue weighted by atomic mass is 35.5. The SMILES string of the molecule is CCN1c2cc(C)c(/C=C3\SC(=Nc4cc(Cl)ccc4C)NC3=O)cc2C(C)=CC1(C)C. The van der Waals surface area contributed by atoms with Crippen molar-refractivity contribution in [2.24, 2.45) is 4.99 Å². The first kappa shape index (κ1) is 22.7. The number of aryl methyl sites for hydroxylation is 2. The average Bonchev–Trinajstić information content (AvgIpc) is 3.04. The van der Waals surface area contributed by atoms with Crippen molar-refractivity contribution in [3.63, 3.8) is 0 Å². The van der Waals surface area contributed by atoms with E-state index in [1.165, 1.54) is 28.6 Å². The van der Waals surface area contributed by atoms with Crippen LogP contribution in [0.15, 0.2) is 46.3 Å². The van der Waals surface area contributed by atoms with Crippen LogP contribution in [0.4, 0.5) is 11.4 Å². The van der Waals surface area contributed by atoms with Crippen LogP contribution in [-0.4, -0.2) is 23.2 Å². The third-order valence-electron chi connectivity index (χ3n) is 6.01. The molecule has 0 radical (unpaired) electrons. The number of benzene rings is 2. The van der Waals surface area contributed by atoms with Gasteiger partial charge >= 0.3 is 0 Å². The first-order chi connectivity index (χ1) is 15.1. The lowest BCUT2D eigenvalue weighted by Gasteiger charge is -2.43. The van der Waals surface area contributed by atoms with E-state index >= 15 is 0 Å². The summed E-state index contributed by atoms with van der Waals surface area (Å²) < 4.78 is 0. The molecule has 0 bridgehead atoms. The van der Waals surface area contributed by atoms with Gasteiger partial charge in [0.2, 0.25) is 0 Å². The number of rotatable bonds is 3. The number of carbonyl (C=O) groups excluding carboxylic acids is 1. The lowest BCUT2D eigenvalue weighted by molar-refractivity contribution is -0.115. The van der Waals surface area contributed by atoms with Gasteiger partial charge in [0.15, 0.2) is 5.17 Å². The zero-order valence-corrected chi connectivity index (χ0v) is 20.9. The average molecular weight is 466 g/mol. The summed E-state index contributed by atoms with van der Waals surface area (Å²) in [5.41, 5.74) is 7.66. The van der Waals surface area contributed by atoms with E-state index in [1.54, 1.807) is 0 Å². The Morgan fingerprint density at radius 2 is 1.91 bits per heavy atom. The Morgan fingerprint density at radius 1 is 1.16 bits per heavy atom. The molecule has 1 saturated heterocycles. The predicted octanol–water partition coefficient (Wildman–Crippen LogP) is 6.87. The summed E-state index contributed by atoms with van der Waals surface area (Å²) in [4.78, 5) is 20.3. The van der Waals surface area contributed by atoms with E-state index in [2.05, 4.69) is 68.0 Å². The van der Waals surface area contributed by atoms with E-state index in [9.17, 15) is 4.79 Å². The normalized spacial score (nSPS) is 19.9. The van der Waals surface area contributed by atoms with Crippen LogP contribution >= 0.6 is 23.4 Å². The number of hydrogen-bond donors (Lipinski definition) is 1. The maximum atomic E-state index is 12.7. The van der Waals surface area contributed by atoms with E-state index in [0.29, 0.717) is 15.1 Å². The highest BCUT2D eigenvalue weighted by Gasteiger charge is 2.31. The van der Waals surface area contributed by atoms with Gasteiger partial charge in [0, 0.05) is 22.8 Å². The third kappa shape index (κ3) is 4.24. The highest BCUT2D eigenvalue weighted by molar-refractivity contribution is 8.18. The van der Waals surface area contributed by atoms with E-state index in [4.69, 9.17) is 11.6 Å². The predicted molar refractivity (Wildman–Crippen MR) is 139 cm³/mol. The number of halogens is 1. The summed E-state index contributed by atoms with van der Waals surface area (Å²) in [5, 5.41) is 4.07. The largest absolute Gasteiger partial charge is 0.363 e. The molecular weight excluding hydrogens is 438 g/mol. The number of anilines is 1. The Bertz CT molecular complexity index is 1210. The quantitative estimate of drug-likeness (QED) is 0.503. The Kier molecular flexibility index (Phi) is 5.99. The first-order valence-electron chi connectivity index (χ1n) is 10.8. The van der Waals surface area contributed by atoms with Gasteiger partial charge in [-0.25, -0.2) is 4.99 Å². The Hall–Kier alpha value is -2.50. The van der Waals surface area contributed by atoms with Gasteiger partial charge in [0.1, 0.15) is 0 Å². The Morgan fingerprint density at radius 3 is 2.62 bits per heavy atom. The molecule has 0 atom stereocenters. The minimum atomic E-state index is -0.130. The Labute approximate surface area is 199 Å². The molecular formula is C26H28ClN3OS. The number of nitrogens with one attached hydrogen (secondary N) is 1. The van der Waals surface area contributed by atoms with Crippen molar-refractivity contribution in [2.45, 2.75) is 47.1 Å². The molecule has 0 unspecified atom stereocenters. The minimum Gasteiger partial charge on any atom is -0.363 e. The summed E-state index contributed by atoms with van der Waals surface area (Å²) in [6.45, 7) is 13.9. The number of nitrogens with zero attached hydrogens (tertiary/aromatic N) is 2. The molecule has 2 aromatic carbocycles. The lowest BCUT2D eigenvalue weighted by atomic mass is 9.87. The number of likely N-dealkylation sites (N-methyl/N-ethyl adjacent to an activating group) is 1. The number of amidine groups is 1. The van der Waals surface area contributed by atoms with Gasteiger partial charge in [0.05, 0.1) is 16.1 Å². The summed E-state index contributed by atoms with van der Waals surface area (Å²) in [5.74, 6) is -0.130. The van der Waals surface area contributed by atoms with Crippen molar-refractivity contribution < 1.29 is 4.79 Å². The van der Waals surface area contributed by atoms with Crippen LogP contribution in [0.25, 0.3) is 11.6 Å². The van der Waals surface area contributed by atoms with Crippen LogP contribution in [-0.2, 0) is 4.79 Å².